The van der Waals surface area contributed by atoms with Gasteiger partial charge in [0.05, 0.1) is 0 Å². The Balaban J connectivity index is 1.89. The number of carbonyl (C=O) groups is 1. The van der Waals surface area contributed by atoms with Gasteiger partial charge in [0.1, 0.15) is 12.6 Å². The molecule has 0 atom stereocenters. The van der Waals surface area contributed by atoms with Crippen molar-refractivity contribution in [1.29, 1.82) is 0 Å². The molecule has 0 bridgehead atoms. The molecule has 166 valence electrons. The molecule has 3 nitrogen and oxygen atoms in total. The summed E-state index contributed by atoms with van der Waals surface area (Å²) in [5.41, 5.74) is 1.40. The topological polar surface area (TPSA) is 41.2 Å². The first-order chi connectivity index (χ1) is 14.2. The number of nitrogens with zero attached hydrogens (tertiary/aromatic N) is 1. The normalized spacial score (nSPS) is 11.1. The predicted octanol–water partition coefficient (Wildman–Crippen LogP) is 7.40. The Morgan fingerprint density at radius 1 is 0.759 bits per heavy atom. The van der Waals surface area contributed by atoms with E-state index in [9.17, 15) is 9.90 Å². The third-order valence-electron chi connectivity index (χ3n) is 6.06. The van der Waals surface area contributed by atoms with Crippen LogP contribution in [0, 0.1) is 0 Å². The zero-order valence-corrected chi connectivity index (χ0v) is 19.3. The average molecular weight is 405 g/mol. The molecule has 0 fully saturated rings. The van der Waals surface area contributed by atoms with E-state index in [1.54, 1.807) is 6.07 Å². The number of carboxylic acids is 1. The zero-order valence-electron chi connectivity index (χ0n) is 19.3. The lowest BCUT2D eigenvalue weighted by molar-refractivity contribution is -0.679. The monoisotopic (exact) mass is 404 g/mol. The van der Waals surface area contributed by atoms with Crippen molar-refractivity contribution in [2.24, 2.45) is 7.05 Å². The second kappa shape index (κ2) is 17.5. The average Bonchev–Trinajstić information content (AvgIpc) is 2.71. The van der Waals surface area contributed by atoms with Gasteiger partial charge in [-0.25, -0.2) is 9.36 Å². The number of aromatic carboxylic acids is 1. The first-order valence-electron chi connectivity index (χ1n) is 12.4. The Morgan fingerprint density at radius 3 is 1.59 bits per heavy atom. The van der Waals surface area contributed by atoms with Gasteiger partial charge < -0.3 is 5.11 Å². The Labute approximate surface area is 179 Å². The van der Waals surface area contributed by atoms with Gasteiger partial charge in [0.2, 0.25) is 0 Å². The summed E-state index contributed by atoms with van der Waals surface area (Å²) in [4.78, 5) is 11.3. The molecular weight excluding hydrogens is 358 g/mol. The van der Waals surface area contributed by atoms with Crippen LogP contribution in [0.1, 0.15) is 132 Å². The summed E-state index contributed by atoms with van der Waals surface area (Å²) in [7, 11) is 1.94. The van der Waals surface area contributed by atoms with E-state index in [1.165, 1.54) is 103 Å². The molecule has 1 N–H and O–H groups in total. The minimum atomic E-state index is -0.817. The van der Waals surface area contributed by atoms with Gasteiger partial charge >= 0.3 is 5.97 Å². The van der Waals surface area contributed by atoms with Gasteiger partial charge in [0.15, 0.2) is 11.9 Å². The molecule has 0 aliphatic rings. The molecule has 1 aromatic heterocycles. The van der Waals surface area contributed by atoms with Crippen LogP contribution in [0.4, 0.5) is 0 Å². The molecule has 1 heterocycles. The van der Waals surface area contributed by atoms with Gasteiger partial charge in [0.25, 0.3) is 0 Å². The van der Waals surface area contributed by atoms with Crippen molar-refractivity contribution in [1.82, 2.24) is 0 Å². The standard InChI is InChI=1S/C26H45NO2/c1-3-4-5-6-7-8-9-10-11-12-13-14-15-16-17-18-19-22-25-24(26(28)29)21-20-23-27(25)2/h20-21,23H,3-19,22H2,1-2H3/p+1. The Hall–Kier alpha value is -1.38. The summed E-state index contributed by atoms with van der Waals surface area (Å²) in [6.45, 7) is 2.28. The maximum absolute atomic E-state index is 11.3. The lowest BCUT2D eigenvalue weighted by Gasteiger charge is -2.05. The van der Waals surface area contributed by atoms with E-state index in [2.05, 4.69) is 6.92 Å². The lowest BCUT2D eigenvalue weighted by Crippen LogP contribution is -2.35. The molecule has 0 unspecified atom stereocenters. The van der Waals surface area contributed by atoms with E-state index in [0.29, 0.717) is 5.56 Å². The van der Waals surface area contributed by atoms with Crippen molar-refractivity contribution < 1.29 is 14.5 Å². The Bertz CT molecular complexity index is 542. The molecular formula is C26H46NO2+. The van der Waals surface area contributed by atoms with E-state index in [0.717, 1.165) is 18.5 Å². The number of hydrogen-bond acceptors (Lipinski definition) is 1. The fraction of sp³-hybridized carbons (Fsp3) is 0.769. The van der Waals surface area contributed by atoms with Gasteiger partial charge in [-0.1, -0.05) is 110 Å². The molecule has 1 aromatic rings. The summed E-state index contributed by atoms with van der Waals surface area (Å²) in [6, 6.07) is 3.52. The number of carboxylic acid groups (broad SMARTS) is 1. The molecule has 3 heteroatoms. The molecule has 0 aromatic carbocycles. The van der Waals surface area contributed by atoms with Crippen molar-refractivity contribution >= 4 is 5.97 Å². The Kier molecular flexibility index (Phi) is 15.5. The molecule has 0 saturated carbocycles. The number of aryl methyl sites for hydroxylation is 1. The molecule has 0 aliphatic heterocycles. The van der Waals surface area contributed by atoms with Crippen LogP contribution in [0.25, 0.3) is 0 Å². The molecule has 0 saturated heterocycles. The fourth-order valence-corrected chi connectivity index (χ4v) is 4.17. The predicted molar refractivity (Wildman–Crippen MR) is 122 cm³/mol. The van der Waals surface area contributed by atoms with Crippen LogP contribution in [0.3, 0.4) is 0 Å². The maximum atomic E-state index is 11.3. The van der Waals surface area contributed by atoms with Gasteiger partial charge in [-0.2, -0.15) is 0 Å². The first kappa shape index (κ1) is 25.7. The first-order valence-corrected chi connectivity index (χ1v) is 12.4. The van der Waals surface area contributed by atoms with E-state index in [4.69, 9.17) is 0 Å². The fourth-order valence-electron chi connectivity index (χ4n) is 4.17. The van der Waals surface area contributed by atoms with Crippen molar-refractivity contribution in [3.8, 4) is 0 Å². The van der Waals surface area contributed by atoms with Crippen molar-refractivity contribution in [2.75, 3.05) is 0 Å². The van der Waals surface area contributed by atoms with Gasteiger partial charge in [-0.15, -0.1) is 0 Å². The summed E-state index contributed by atoms with van der Waals surface area (Å²) in [5.74, 6) is -0.817. The number of unbranched alkanes of at least 4 members (excludes halogenated alkanes) is 16. The third-order valence-corrected chi connectivity index (χ3v) is 6.06. The Morgan fingerprint density at radius 2 is 1.17 bits per heavy atom. The molecule has 0 aliphatic carbocycles. The van der Waals surface area contributed by atoms with Crippen molar-refractivity contribution in [2.45, 2.75) is 122 Å². The van der Waals surface area contributed by atoms with E-state index in [-0.39, 0.29) is 0 Å². The molecule has 29 heavy (non-hydrogen) atoms. The lowest BCUT2D eigenvalue weighted by atomic mass is 10.0. The largest absolute Gasteiger partial charge is 0.477 e. The van der Waals surface area contributed by atoms with E-state index in [1.807, 2.05) is 23.9 Å². The van der Waals surface area contributed by atoms with Crippen molar-refractivity contribution in [3.63, 3.8) is 0 Å². The summed E-state index contributed by atoms with van der Waals surface area (Å²) in [6.07, 6.45) is 26.1. The van der Waals surface area contributed by atoms with Gasteiger partial charge in [-0.3, -0.25) is 0 Å². The summed E-state index contributed by atoms with van der Waals surface area (Å²) < 4.78 is 1.95. The second-order valence-electron chi connectivity index (χ2n) is 8.69. The number of aromatic nitrogens is 1. The van der Waals surface area contributed by atoms with Crippen LogP contribution in [-0.4, -0.2) is 11.1 Å². The SMILES string of the molecule is CCCCCCCCCCCCCCCCCCCc1c(C(=O)O)ccc[n+]1C. The van der Waals surface area contributed by atoms with Crippen LogP contribution in [0.15, 0.2) is 18.3 Å². The third kappa shape index (κ3) is 12.7. The molecule has 1 rings (SSSR count). The minimum absolute atomic E-state index is 0.450. The molecule has 0 amide bonds. The van der Waals surface area contributed by atoms with Crippen LogP contribution >= 0.6 is 0 Å². The highest BCUT2D eigenvalue weighted by Gasteiger charge is 2.17. The van der Waals surface area contributed by atoms with Crippen LogP contribution in [-0.2, 0) is 13.5 Å². The summed E-state index contributed by atoms with van der Waals surface area (Å²) >= 11 is 0. The highest BCUT2D eigenvalue weighted by molar-refractivity contribution is 5.88. The smallest absolute Gasteiger partial charge is 0.342 e. The van der Waals surface area contributed by atoms with E-state index >= 15 is 0 Å². The minimum Gasteiger partial charge on any atom is -0.477 e. The van der Waals surface area contributed by atoms with Crippen LogP contribution in [0.2, 0.25) is 0 Å². The van der Waals surface area contributed by atoms with E-state index < -0.39 is 5.97 Å². The molecule has 0 spiro atoms. The van der Waals surface area contributed by atoms with Crippen LogP contribution in [0.5, 0.6) is 0 Å². The zero-order chi connectivity index (χ0) is 21.2. The number of hydrogen-bond donors (Lipinski definition) is 1. The second-order valence-corrected chi connectivity index (χ2v) is 8.69. The highest BCUT2D eigenvalue weighted by Crippen LogP contribution is 2.15. The highest BCUT2D eigenvalue weighted by atomic mass is 16.4. The maximum Gasteiger partial charge on any atom is 0.342 e. The number of rotatable bonds is 19. The quantitative estimate of drug-likeness (QED) is 0.193. The molecule has 0 radical (unpaired) electrons. The summed E-state index contributed by atoms with van der Waals surface area (Å²) in [5, 5.41) is 9.32. The van der Waals surface area contributed by atoms with Gasteiger partial charge in [0, 0.05) is 12.5 Å². The van der Waals surface area contributed by atoms with Crippen LogP contribution < -0.4 is 4.57 Å². The number of pyridine rings is 1. The van der Waals surface area contributed by atoms with Crippen molar-refractivity contribution in [3.05, 3.63) is 29.6 Å². The van der Waals surface area contributed by atoms with Gasteiger partial charge in [-0.05, 0) is 12.5 Å².